The number of carbonyl (C=O) groups excluding carboxylic acids is 1. The first-order valence-corrected chi connectivity index (χ1v) is 7.49. The van der Waals surface area contributed by atoms with E-state index < -0.39 is 0 Å². The van der Waals surface area contributed by atoms with Crippen molar-refractivity contribution in [2.45, 2.75) is 33.1 Å². The van der Waals surface area contributed by atoms with Crippen molar-refractivity contribution in [3.05, 3.63) is 0 Å². The molecule has 1 saturated heterocycles. The van der Waals surface area contributed by atoms with Gasteiger partial charge in [0.05, 0.1) is 0 Å². The molecule has 116 valence electrons. The Morgan fingerprint density at radius 2 is 2.35 bits per heavy atom. The van der Waals surface area contributed by atoms with Crippen molar-refractivity contribution in [1.82, 2.24) is 10.2 Å². The standard InChI is InChI=1S/C14H28N4O2/c1-3-16-14(17-8-11(2)10-19)18-6-4-5-12(9-18)7-13(15)20/h11-12,19H,3-10H2,1-2H3,(H2,15,20)(H,16,17). The third-order valence-electron chi connectivity index (χ3n) is 3.51. The Hall–Kier alpha value is -1.30. The highest BCUT2D eigenvalue weighted by molar-refractivity contribution is 5.80. The summed E-state index contributed by atoms with van der Waals surface area (Å²) in [6, 6.07) is 0. The number of hydrogen-bond acceptors (Lipinski definition) is 3. The summed E-state index contributed by atoms with van der Waals surface area (Å²) in [5.41, 5.74) is 5.29. The van der Waals surface area contributed by atoms with Crippen LogP contribution in [0.3, 0.4) is 0 Å². The minimum absolute atomic E-state index is 0.146. The maximum atomic E-state index is 11.1. The molecule has 1 fully saturated rings. The number of nitrogens with two attached hydrogens (primary N) is 1. The SMILES string of the molecule is CCNC(=NCC(C)CO)N1CCCC(CC(N)=O)C1. The van der Waals surface area contributed by atoms with E-state index in [1.165, 1.54) is 0 Å². The maximum Gasteiger partial charge on any atom is 0.217 e. The van der Waals surface area contributed by atoms with E-state index >= 15 is 0 Å². The van der Waals surface area contributed by atoms with Gasteiger partial charge in [0, 0.05) is 39.2 Å². The van der Waals surface area contributed by atoms with Gasteiger partial charge >= 0.3 is 0 Å². The highest BCUT2D eigenvalue weighted by Crippen LogP contribution is 2.19. The fourth-order valence-electron chi connectivity index (χ4n) is 2.43. The Kier molecular flexibility index (Phi) is 7.36. The topological polar surface area (TPSA) is 91.0 Å². The molecule has 1 rings (SSSR count). The number of amides is 1. The maximum absolute atomic E-state index is 11.1. The van der Waals surface area contributed by atoms with E-state index in [1.807, 2.05) is 13.8 Å². The van der Waals surface area contributed by atoms with Crippen LogP contribution < -0.4 is 11.1 Å². The lowest BCUT2D eigenvalue weighted by atomic mass is 9.95. The average molecular weight is 284 g/mol. The molecule has 0 radical (unpaired) electrons. The smallest absolute Gasteiger partial charge is 0.217 e. The minimum Gasteiger partial charge on any atom is -0.396 e. The van der Waals surface area contributed by atoms with Crippen molar-refractivity contribution in [3.63, 3.8) is 0 Å². The lowest BCUT2D eigenvalue weighted by molar-refractivity contribution is -0.119. The van der Waals surface area contributed by atoms with Crippen LogP contribution >= 0.6 is 0 Å². The number of aliphatic hydroxyl groups excluding tert-OH is 1. The van der Waals surface area contributed by atoms with Gasteiger partial charge in [0.25, 0.3) is 0 Å². The molecular formula is C14H28N4O2. The van der Waals surface area contributed by atoms with E-state index in [1.54, 1.807) is 0 Å². The number of nitrogens with one attached hydrogen (secondary N) is 1. The second kappa shape index (κ2) is 8.79. The van der Waals surface area contributed by atoms with Crippen LogP contribution in [0.1, 0.15) is 33.1 Å². The first-order valence-electron chi connectivity index (χ1n) is 7.49. The predicted octanol–water partition coefficient (Wildman–Crippen LogP) is 0.168. The van der Waals surface area contributed by atoms with Crippen LogP contribution in [-0.2, 0) is 4.79 Å². The van der Waals surface area contributed by atoms with Gasteiger partial charge < -0.3 is 21.1 Å². The number of likely N-dealkylation sites (tertiary alicyclic amines) is 1. The molecule has 0 spiro atoms. The number of carbonyl (C=O) groups is 1. The minimum atomic E-state index is -0.229. The number of nitrogens with zero attached hydrogens (tertiary/aromatic N) is 2. The van der Waals surface area contributed by atoms with Crippen LogP contribution in [0.2, 0.25) is 0 Å². The second-order valence-corrected chi connectivity index (χ2v) is 5.61. The van der Waals surface area contributed by atoms with Crippen molar-refractivity contribution >= 4 is 11.9 Å². The number of guanidine groups is 1. The van der Waals surface area contributed by atoms with Crippen molar-refractivity contribution in [1.29, 1.82) is 0 Å². The Balaban J connectivity index is 2.62. The molecule has 0 aromatic carbocycles. The summed E-state index contributed by atoms with van der Waals surface area (Å²) < 4.78 is 0. The third-order valence-corrected chi connectivity index (χ3v) is 3.51. The Bertz CT molecular complexity index is 333. The van der Waals surface area contributed by atoms with Crippen molar-refractivity contribution in [3.8, 4) is 0 Å². The van der Waals surface area contributed by atoms with E-state index in [2.05, 4.69) is 15.2 Å². The van der Waals surface area contributed by atoms with Crippen LogP contribution in [-0.4, -0.2) is 54.7 Å². The molecule has 0 bridgehead atoms. The van der Waals surface area contributed by atoms with Crippen LogP contribution in [0.25, 0.3) is 0 Å². The summed E-state index contributed by atoms with van der Waals surface area (Å²) in [5.74, 6) is 1.13. The molecule has 1 amide bonds. The van der Waals surface area contributed by atoms with E-state index in [0.717, 1.165) is 38.4 Å². The van der Waals surface area contributed by atoms with Gasteiger partial charge in [-0.2, -0.15) is 0 Å². The van der Waals surface area contributed by atoms with Gasteiger partial charge in [-0.25, -0.2) is 0 Å². The van der Waals surface area contributed by atoms with Gasteiger partial charge in [0.1, 0.15) is 0 Å². The molecule has 0 aromatic rings. The van der Waals surface area contributed by atoms with Crippen molar-refractivity contribution < 1.29 is 9.90 Å². The number of piperidine rings is 1. The molecule has 4 N–H and O–H groups in total. The monoisotopic (exact) mass is 284 g/mol. The van der Waals surface area contributed by atoms with E-state index in [-0.39, 0.29) is 18.4 Å². The van der Waals surface area contributed by atoms with Gasteiger partial charge in [0.2, 0.25) is 5.91 Å². The van der Waals surface area contributed by atoms with Crippen molar-refractivity contribution in [2.75, 3.05) is 32.8 Å². The van der Waals surface area contributed by atoms with E-state index in [4.69, 9.17) is 10.8 Å². The normalized spacial score (nSPS) is 21.6. The quantitative estimate of drug-likeness (QED) is 0.479. The second-order valence-electron chi connectivity index (χ2n) is 5.61. The summed E-state index contributed by atoms with van der Waals surface area (Å²) >= 11 is 0. The molecule has 0 saturated carbocycles. The summed E-state index contributed by atoms with van der Waals surface area (Å²) in [6.45, 7) is 7.35. The first-order chi connectivity index (χ1) is 9.56. The van der Waals surface area contributed by atoms with Gasteiger partial charge in [-0.05, 0) is 31.6 Å². The summed E-state index contributed by atoms with van der Waals surface area (Å²) in [7, 11) is 0. The molecular weight excluding hydrogens is 256 g/mol. The zero-order valence-electron chi connectivity index (χ0n) is 12.6. The fraction of sp³-hybridized carbons (Fsp3) is 0.857. The van der Waals surface area contributed by atoms with Crippen LogP contribution in [0.5, 0.6) is 0 Å². The molecule has 1 heterocycles. The lowest BCUT2D eigenvalue weighted by Crippen LogP contribution is -2.47. The van der Waals surface area contributed by atoms with Crippen LogP contribution in [0, 0.1) is 11.8 Å². The molecule has 2 atom stereocenters. The van der Waals surface area contributed by atoms with E-state index in [0.29, 0.717) is 18.9 Å². The zero-order chi connectivity index (χ0) is 15.0. The molecule has 1 aliphatic heterocycles. The molecule has 1 aliphatic rings. The van der Waals surface area contributed by atoms with E-state index in [9.17, 15) is 4.79 Å². The van der Waals surface area contributed by atoms with Crippen LogP contribution in [0.15, 0.2) is 4.99 Å². The van der Waals surface area contributed by atoms with Gasteiger partial charge in [-0.1, -0.05) is 6.92 Å². The molecule has 6 heteroatoms. The summed E-state index contributed by atoms with van der Waals surface area (Å²) in [5, 5.41) is 12.4. The molecule has 0 aromatic heterocycles. The van der Waals surface area contributed by atoms with Gasteiger partial charge in [0.15, 0.2) is 5.96 Å². The number of rotatable bonds is 6. The number of hydrogen-bond donors (Lipinski definition) is 3. The molecule has 6 nitrogen and oxygen atoms in total. The van der Waals surface area contributed by atoms with Gasteiger partial charge in [-0.3, -0.25) is 9.79 Å². The first kappa shape index (κ1) is 16.8. The van der Waals surface area contributed by atoms with Crippen LogP contribution in [0.4, 0.5) is 0 Å². The highest BCUT2D eigenvalue weighted by atomic mass is 16.3. The van der Waals surface area contributed by atoms with Crippen molar-refractivity contribution in [2.24, 2.45) is 22.6 Å². The molecule has 20 heavy (non-hydrogen) atoms. The third kappa shape index (κ3) is 5.77. The number of primary amides is 1. The Morgan fingerprint density at radius 3 is 2.95 bits per heavy atom. The average Bonchev–Trinajstić information content (AvgIpc) is 2.42. The number of aliphatic hydroxyl groups is 1. The Labute approximate surface area is 121 Å². The highest BCUT2D eigenvalue weighted by Gasteiger charge is 2.23. The van der Waals surface area contributed by atoms with Gasteiger partial charge in [-0.15, -0.1) is 0 Å². The largest absolute Gasteiger partial charge is 0.396 e. The summed E-state index contributed by atoms with van der Waals surface area (Å²) in [6.07, 6.45) is 2.55. The Morgan fingerprint density at radius 1 is 1.60 bits per heavy atom. The lowest BCUT2D eigenvalue weighted by Gasteiger charge is -2.34. The fourth-order valence-corrected chi connectivity index (χ4v) is 2.43. The summed E-state index contributed by atoms with van der Waals surface area (Å²) in [4.78, 5) is 17.8. The zero-order valence-corrected chi connectivity index (χ0v) is 12.6. The number of aliphatic imine (C=N–C) groups is 1. The molecule has 0 aliphatic carbocycles. The molecule has 2 unspecified atom stereocenters. The predicted molar refractivity (Wildman–Crippen MR) is 80.3 cm³/mol.